The summed E-state index contributed by atoms with van der Waals surface area (Å²) < 4.78 is 41.2. The fourth-order valence-electron chi connectivity index (χ4n) is 5.05. The second-order valence-electron chi connectivity index (χ2n) is 9.60. The van der Waals surface area contributed by atoms with Gasteiger partial charge in [0.2, 0.25) is 10.0 Å². The van der Waals surface area contributed by atoms with Crippen LogP contribution in [0.15, 0.2) is 65.9 Å². The summed E-state index contributed by atoms with van der Waals surface area (Å²) in [6, 6.07) is 12.5. The fraction of sp³-hybridized carbons (Fsp3) is 0.370. The summed E-state index contributed by atoms with van der Waals surface area (Å²) in [7, 11) is -3.65. The SMILES string of the molecule is CC(C)Oc1ccc(S(=O)(=O)N2CCC(c3cn(CC(=O)O)c4cc(C5CC=CO5)ccc34)C2)cc1. The van der Waals surface area contributed by atoms with E-state index >= 15 is 0 Å². The minimum Gasteiger partial charge on any atom is -0.493 e. The molecule has 0 amide bonds. The molecule has 0 saturated carbocycles. The van der Waals surface area contributed by atoms with E-state index in [9.17, 15) is 18.3 Å². The summed E-state index contributed by atoms with van der Waals surface area (Å²) in [4.78, 5) is 11.8. The number of nitrogens with zero attached hydrogens (tertiary/aromatic N) is 2. The van der Waals surface area contributed by atoms with Crippen molar-refractivity contribution in [2.45, 2.75) is 56.3 Å². The Hall–Kier alpha value is -3.30. The van der Waals surface area contributed by atoms with Gasteiger partial charge in [-0.15, -0.1) is 0 Å². The Morgan fingerprint density at radius 1 is 1.19 bits per heavy atom. The Kier molecular flexibility index (Phi) is 6.53. The highest BCUT2D eigenvalue weighted by molar-refractivity contribution is 7.89. The summed E-state index contributed by atoms with van der Waals surface area (Å²) in [6.07, 6.45) is 6.90. The van der Waals surface area contributed by atoms with Crippen LogP contribution in [0.4, 0.5) is 0 Å². The monoisotopic (exact) mass is 510 g/mol. The number of fused-ring (bicyclic) bond motifs is 1. The lowest BCUT2D eigenvalue weighted by Gasteiger charge is -2.17. The lowest BCUT2D eigenvalue weighted by Crippen LogP contribution is -2.28. The van der Waals surface area contributed by atoms with E-state index in [1.807, 2.05) is 44.3 Å². The number of carboxylic acid groups (broad SMARTS) is 1. The number of hydrogen-bond donors (Lipinski definition) is 1. The van der Waals surface area contributed by atoms with Crippen LogP contribution in [0, 0.1) is 0 Å². The van der Waals surface area contributed by atoms with Crippen molar-refractivity contribution >= 4 is 26.9 Å². The molecule has 3 aromatic rings. The first-order valence-corrected chi connectivity index (χ1v) is 13.6. The van der Waals surface area contributed by atoms with E-state index in [0.717, 1.165) is 28.5 Å². The predicted octanol–water partition coefficient (Wildman–Crippen LogP) is 4.67. The van der Waals surface area contributed by atoms with E-state index in [-0.39, 0.29) is 29.6 Å². The van der Waals surface area contributed by atoms with E-state index in [4.69, 9.17) is 9.47 Å². The summed E-state index contributed by atoms with van der Waals surface area (Å²) in [5.41, 5.74) is 2.79. The van der Waals surface area contributed by atoms with Crippen LogP contribution < -0.4 is 4.74 Å². The van der Waals surface area contributed by atoms with Crippen molar-refractivity contribution in [1.29, 1.82) is 0 Å². The van der Waals surface area contributed by atoms with Crippen LogP contribution in [-0.4, -0.2) is 47.6 Å². The quantitative estimate of drug-likeness (QED) is 0.473. The normalized spacial score (nSPS) is 20.3. The number of ether oxygens (including phenoxy) is 2. The Bertz CT molecular complexity index is 1400. The molecule has 0 aliphatic carbocycles. The van der Waals surface area contributed by atoms with Gasteiger partial charge >= 0.3 is 5.97 Å². The summed E-state index contributed by atoms with van der Waals surface area (Å²) >= 11 is 0. The minimum absolute atomic E-state index is 0.00786. The highest BCUT2D eigenvalue weighted by Crippen LogP contribution is 2.38. The number of carboxylic acids is 1. The van der Waals surface area contributed by atoms with Gasteiger partial charge in [-0.05, 0) is 67.8 Å². The molecule has 0 bridgehead atoms. The summed E-state index contributed by atoms with van der Waals surface area (Å²) in [6.45, 7) is 4.42. The lowest BCUT2D eigenvalue weighted by molar-refractivity contribution is -0.137. The topological polar surface area (TPSA) is 98.1 Å². The average Bonchev–Trinajstić information content (AvgIpc) is 3.59. The zero-order valence-electron chi connectivity index (χ0n) is 20.3. The minimum atomic E-state index is -3.65. The molecule has 0 spiro atoms. The van der Waals surface area contributed by atoms with Gasteiger partial charge in [0.05, 0.1) is 17.3 Å². The molecular formula is C27H30N2O6S. The molecular weight excluding hydrogens is 480 g/mol. The fourth-order valence-corrected chi connectivity index (χ4v) is 6.55. The molecule has 8 nitrogen and oxygen atoms in total. The van der Waals surface area contributed by atoms with Crippen molar-refractivity contribution < 1.29 is 27.8 Å². The van der Waals surface area contributed by atoms with Crippen LogP contribution in [0.2, 0.25) is 0 Å². The molecule has 190 valence electrons. The largest absolute Gasteiger partial charge is 0.493 e. The molecule has 36 heavy (non-hydrogen) atoms. The molecule has 1 N–H and O–H groups in total. The van der Waals surface area contributed by atoms with Gasteiger partial charge in [-0.1, -0.05) is 12.1 Å². The number of rotatable bonds is 8. The van der Waals surface area contributed by atoms with Gasteiger partial charge in [0.1, 0.15) is 18.4 Å². The summed E-state index contributed by atoms with van der Waals surface area (Å²) in [5.74, 6) is -0.327. The van der Waals surface area contributed by atoms with Crippen molar-refractivity contribution in [3.05, 3.63) is 72.1 Å². The highest BCUT2D eigenvalue weighted by atomic mass is 32.2. The molecule has 1 aromatic heterocycles. The van der Waals surface area contributed by atoms with Crippen LogP contribution in [0.5, 0.6) is 5.75 Å². The summed E-state index contributed by atoms with van der Waals surface area (Å²) in [5, 5.41) is 10.4. The van der Waals surface area contributed by atoms with E-state index in [1.54, 1.807) is 35.1 Å². The third-order valence-corrected chi connectivity index (χ3v) is 8.61. The average molecular weight is 511 g/mol. The van der Waals surface area contributed by atoms with Gasteiger partial charge in [-0.25, -0.2) is 8.42 Å². The Morgan fingerprint density at radius 2 is 1.97 bits per heavy atom. The Labute approximate surface area is 210 Å². The number of benzene rings is 2. The first-order valence-electron chi connectivity index (χ1n) is 12.1. The van der Waals surface area contributed by atoms with Crippen molar-refractivity contribution in [2.24, 2.45) is 0 Å². The van der Waals surface area contributed by atoms with E-state index < -0.39 is 16.0 Å². The lowest BCUT2D eigenvalue weighted by atomic mass is 9.96. The maximum atomic E-state index is 13.3. The molecule has 2 aliphatic heterocycles. The molecule has 1 fully saturated rings. The van der Waals surface area contributed by atoms with Crippen LogP contribution in [0.1, 0.15) is 49.8 Å². The number of hydrogen-bond acceptors (Lipinski definition) is 5. The van der Waals surface area contributed by atoms with Crippen molar-refractivity contribution in [3.63, 3.8) is 0 Å². The number of carbonyl (C=O) groups is 1. The van der Waals surface area contributed by atoms with Crippen molar-refractivity contribution in [2.75, 3.05) is 13.1 Å². The van der Waals surface area contributed by atoms with Crippen LogP contribution >= 0.6 is 0 Å². The van der Waals surface area contributed by atoms with Crippen LogP contribution in [-0.2, 0) is 26.1 Å². The van der Waals surface area contributed by atoms with E-state index in [1.165, 1.54) is 4.31 Å². The molecule has 2 unspecified atom stereocenters. The number of aliphatic carboxylic acids is 1. The zero-order chi connectivity index (χ0) is 25.4. The number of sulfonamides is 1. The van der Waals surface area contributed by atoms with Crippen molar-refractivity contribution in [1.82, 2.24) is 8.87 Å². The van der Waals surface area contributed by atoms with Gasteiger partial charge in [0, 0.05) is 42.5 Å². The number of aromatic nitrogens is 1. The Balaban J connectivity index is 1.41. The third-order valence-electron chi connectivity index (χ3n) is 6.73. The van der Waals surface area contributed by atoms with E-state index in [2.05, 4.69) is 0 Å². The maximum absolute atomic E-state index is 13.3. The first-order chi connectivity index (χ1) is 17.2. The molecule has 5 rings (SSSR count). The predicted molar refractivity (Wildman–Crippen MR) is 135 cm³/mol. The molecule has 1 saturated heterocycles. The zero-order valence-corrected chi connectivity index (χ0v) is 21.1. The molecule has 9 heteroatoms. The van der Waals surface area contributed by atoms with Gasteiger partial charge in [-0.2, -0.15) is 4.31 Å². The Morgan fingerprint density at radius 3 is 2.64 bits per heavy atom. The van der Waals surface area contributed by atoms with E-state index in [0.29, 0.717) is 25.3 Å². The first kappa shape index (κ1) is 24.4. The molecule has 2 aromatic carbocycles. The second kappa shape index (κ2) is 9.63. The van der Waals surface area contributed by atoms with Crippen LogP contribution in [0.25, 0.3) is 10.9 Å². The van der Waals surface area contributed by atoms with Gasteiger partial charge < -0.3 is 19.1 Å². The molecule has 0 radical (unpaired) electrons. The molecule has 2 aliphatic rings. The highest BCUT2D eigenvalue weighted by Gasteiger charge is 2.34. The standard InChI is InChI=1S/C27H30N2O6S/c1-18(2)35-21-6-8-22(9-7-21)36(32,33)29-12-11-20(15-29)24-16-28(17-27(30)31)25-14-19(5-10-23(24)25)26-4-3-13-34-26/h3,5-10,13-14,16,18,20,26H,4,11-12,15,17H2,1-2H3,(H,30,31). The second-order valence-corrected chi connectivity index (χ2v) is 11.5. The molecule has 3 heterocycles. The smallest absolute Gasteiger partial charge is 0.323 e. The van der Waals surface area contributed by atoms with Gasteiger partial charge in [0.25, 0.3) is 0 Å². The van der Waals surface area contributed by atoms with Crippen molar-refractivity contribution in [3.8, 4) is 5.75 Å². The van der Waals surface area contributed by atoms with Crippen LogP contribution in [0.3, 0.4) is 0 Å². The molecule has 2 atom stereocenters. The van der Waals surface area contributed by atoms with Gasteiger partial charge in [0.15, 0.2) is 0 Å². The third kappa shape index (κ3) is 4.73. The maximum Gasteiger partial charge on any atom is 0.323 e. The van der Waals surface area contributed by atoms with Gasteiger partial charge in [-0.3, -0.25) is 4.79 Å².